The van der Waals surface area contributed by atoms with E-state index < -0.39 is 23.6 Å². The van der Waals surface area contributed by atoms with Gasteiger partial charge in [0.15, 0.2) is 11.6 Å². The highest BCUT2D eigenvalue weighted by molar-refractivity contribution is 6.30. The maximum atomic E-state index is 13.2. The molecule has 0 bridgehead atoms. The molecule has 3 rings (SSSR count). The van der Waals surface area contributed by atoms with Gasteiger partial charge in [-0.3, -0.25) is 4.79 Å². The fraction of sp³-hybridized carbons (Fsp3) is 0.125. The molecule has 6 nitrogen and oxygen atoms in total. The second kappa shape index (κ2) is 6.94. The number of amides is 1. The Labute approximate surface area is 146 Å². The smallest absolute Gasteiger partial charge is 0.250 e. The van der Waals surface area contributed by atoms with Gasteiger partial charge in [0.05, 0.1) is 0 Å². The molecule has 1 atom stereocenters. The van der Waals surface area contributed by atoms with Crippen molar-refractivity contribution in [1.29, 1.82) is 0 Å². The van der Waals surface area contributed by atoms with Crippen LogP contribution in [0.2, 0.25) is 5.02 Å². The second-order valence-electron chi connectivity index (χ2n) is 5.23. The van der Waals surface area contributed by atoms with Crippen molar-refractivity contribution in [3.63, 3.8) is 0 Å². The molecule has 0 aliphatic heterocycles. The number of anilines is 1. The number of halogens is 3. The van der Waals surface area contributed by atoms with Gasteiger partial charge in [-0.25, -0.2) is 8.78 Å². The molecular formula is C16H12ClF2N5O. The van der Waals surface area contributed by atoms with Gasteiger partial charge in [-0.2, -0.15) is 4.80 Å². The highest BCUT2D eigenvalue weighted by Crippen LogP contribution is 2.18. The average Bonchev–Trinajstić information content (AvgIpc) is 3.08. The summed E-state index contributed by atoms with van der Waals surface area (Å²) < 4.78 is 26.1. The molecular weight excluding hydrogens is 352 g/mol. The SMILES string of the molecule is CC(C(=O)Nc1ccc(F)c(F)c1)n1nnc(-c2ccc(Cl)cc2)n1. The van der Waals surface area contributed by atoms with Crippen LogP contribution in [-0.4, -0.2) is 26.1 Å². The van der Waals surface area contributed by atoms with Crippen LogP contribution < -0.4 is 5.32 Å². The van der Waals surface area contributed by atoms with E-state index in [-0.39, 0.29) is 5.69 Å². The Morgan fingerprint density at radius 3 is 2.56 bits per heavy atom. The van der Waals surface area contributed by atoms with E-state index in [9.17, 15) is 13.6 Å². The molecule has 2 aromatic carbocycles. The lowest BCUT2D eigenvalue weighted by Crippen LogP contribution is -2.25. The topological polar surface area (TPSA) is 72.7 Å². The summed E-state index contributed by atoms with van der Waals surface area (Å²) in [6, 6.07) is 9.13. The van der Waals surface area contributed by atoms with Crippen molar-refractivity contribution < 1.29 is 13.6 Å². The molecule has 1 aromatic heterocycles. The van der Waals surface area contributed by atoms with Crippen LogP contribution >= 0.6 is 11.6 Å². The third-order valence-electron chi connectivity index (χ3n) is 3.44. The molecule has 25 heavy (non-hydrogen) atoms. The monoisotopic (exact) mass is 363 g/mol. The Kier molecular flexibility index (Phi) is 4.71. The van der Waals surface area contributed by atoms with E-state index in [2.05, 4.69) is 20.7 Å². The normalized spacial score (nSPS) is 12.0. The summed E-state index contributed by atoms with van der Waals surface area (Å²) in [5, 5.41) is 15.0. The van der Waals surface area contributed by atoms with Gasteiger partial charge in [-0.15, -0.1) is 10.2 Å². The third kappa shape index (κ3) is 3.80. The van der Waals surface area contributed by atoms with E-state index in [0.29, 0.717) is 16.4 Å². The van der Waals surface area contributed by atoms with E-state index >= 15 is 0 Å². The minimum absolute atomic E-state index is 0.133. The van der Waals surface area contributed by atoms with Crippen molar-refractivity contribution in [2.45, 2.75) is 13.0 Å². The summed E-state index contributed by atoms with van der Waals surface area (Å²) in [7, 11) is 0. The quantitative estimate of drug-likeness (QED) is 0.770. The van der Waals surface area contributed by atoms with Crippen molar-refractivity contribution in [2.75, 3.05) is 5.32 Å². The first-order valence-electron chi connectivity index (χ1n) is 7.25. The molecule has 1 heterocycles. The molecule has 0 spiro atoms. The fourth-order valence-corrected chi connectivity index (χ4v) is 2.16. The molecule has 0 aliphatic rings. The predicted molar refractivity (Wildman–Crippen MR) is 88.0 cm³/mol. The van der Waals surface area contributed by atoms with Gasteiger partial charge in [-0.1, -0.05) is 11.6 Å². The Morgan fingerprint density at radius 2 is 1.88 bits per heavy atom. The summed E-state index contributed by atoms with van der Waals surface area (Å²) in [5.74, 6) is -2.19. The number of tetrazole rings is 1. The zero-order chi connectivity index (χ0) is 18.0. The van der Waals surface area contributed by atoms with Gasteiger partial charge < -0.3 is 5.32 Å². The molecule has 0 saturated carbocycles. The highest BCUT2D eigenvalue weighted by Gasteiger charge is 2.19. The number of nitrogens with one attached hydrogen (secondary N) is 1. The summed E-state index contributed by atoms with van der Waals surface area (Å²) in [6.45, 7) is 1.56. The van der Waals surface area contributed by atoms with Gasteiger partial charge in [0.1, 0.15) is 6.04 Å². The molecule has 0 fully saturated rings. The van der Waals surface area contributed by atoms with E-state index in [1.165, 1.54) is 6.07 Å². The van der Waals surface area contributed by atoms with Crippen molar-refractivity contribution in [2.24, 2.45) is 0 Å². The van der Waals surface area contributed by atoms with Gasteiger partial charge >= 0.3 is 0 Å². The fourth-order valence-electron chi connectivity index (χ4n) is 2.03. The van der Waals surface area contributed by atoms with Crippen LogP contribution in [0.4, 0.5) is 14.5 Å². The first kappa shape index (κ1) is 17.0. The second-order valence-corrected chi connectivity index (χ2v) is 5.67. The summed E-state index contributed by atoms with van der Waals surface area (Å²) in [5.41, 5.74) is 0.831. The molecule has 1 amide bonds. The van der Waals surface area contributed by atoms with Crippen LogP contribution in [0, 0.1) is 11.6 Å². The number of hydrogen-bond acceptors (Lipinski definition) is 4. The Bertz CT molecular complexity index is 913. The number of nitrogens with zero attached hydrogens (tertiary/aromatic N) is 4. The molecule has 3 aromatic rings. The summed E-state index contributed by atoms with van der Waals surface area (Å²) in [4.78, 5) is 13.4. The largest absolute Gasteiger partial charge is 0.324 e. The van der Waals surface area contributed by atoms with Gasteiger partial charge in [0, 0.05) is 22.3 Å². The van der Waals surface area contributed by atoms with Crippen molar-refractivity contribution in [3.8, 4) is 11.4 Å². The van der Waals surface area contributed by atoms with E-state index in [1.54, 1.807) is 31.2 Å². The maximum absolute atomic E-state index is 13.2. The summed E-state index contributed by atoms with van der Waals surface area (Å²) >= 11 is 5.83. The lowest BCUT2D eigenvalue weighted by atomic mass is 10.2. The Balaban J connectivity index is 1.74. The Morgan fingerprint density at radius 1 is 1.16 bits per heavy atom. The lowest BCUT2D eigenvalue weighted by molar-refractivity contribution is -0.119. The zero-order valence-electron chi connectivity index (χ0n) is 12.9. The molecule has 9 heteroatoms. The highest BCUT2D eigenvalue weighted by atomic mass is 35.5. The minimum Gasteiger partial charge on any atom is -0.324 e. The lowest BCUT2D eigenvalue weighted by Gasteiger charge is -2.10. The number of benzene rings is 2. The van der Waals surface area contributed by atoms with Crippen LogP contribution in [0.1, 0.15) is 13.0 Å². The molecule has 0 aliphatic carbocycles. The number of carbonyl (C=O) groups excluding carboxylic acids is 1. The molecule has 0 saturated heterocycles. The number of hydrogen-bond donors (Lipinski definition) is 1. The molecule has 128 valence electrons. The minimum atomic E-state index is -1.05. The number of carbonyl (C=O) groups is 1. The summed E-state index contributed by atoms with van der Waals surface area (Å²) in [6.07, 6.45) is 0. The number of rotatable bonds is 4. The molecule has 0 radical (unpaired) electrons. The zero-order valence-corrected chi connectivity index (χ0v) is 13.7. The van der Waals surface area contributed by atoms with Crippen LogP contribution in [0.3, 0.4) is 0 Å². The van der Waals surface area contributed by atoms with Crippen LogP contribution in [0.15, 0.2) is 42.5 Å². The van der Waals surface area contributed by atoms with Crippen LogP contribution in [0.5, 0.6) is 0 Å². The molecule has 1 unspecified atom stereocenters. The van der Waals surface area contributed by atoms with Crippen LogP contribution in [-0.2, 0) is 4.79 Å². The first-order valence-corrected chi connectivity index (χ1v) is 7.63. The molecule has 1 N–H and O–H groups in total. The standard InChI is InChI=1S/C16H12ClF2N5O/c1-9(16(25)20-12-6-7-13(18)14(19)8-12)24-22-15(21-23-24)10-2-4-11(17)5-3-10/h2-9H,1H3,(H,20,25). The van der Waals surface area contributed by atoms with Gasteiger partial charge in [0.2, 0.25) is 5.82 Å². The first-order chi connectivity index (χ1) is 11.9. The van der Waals surface area contributed by atoms with Crippen LogP contribution in [0.25, 0.3) is 11.4 Å². The Hall–Kier alpha value is -2.87. The number of aromatic nitrogens is 4. The van der Waals surface area contributed by atoms with E-state index in [0.717, 1.165) is 16.9 Å². The predicted octanol–water partition coefficient (Wildman–Crippen LogP) is 3.47. The maximum Gasteiger partial charge on any atom is 0.250 e. The van der Waals surface area contributed by atoms with E-state index in [1.807, 2.05) is 0 Å². The van der Waals surface area contributed by atoms with Gasteiger partial charge in [-0.05, 0) is 48.5 Å². The average molecular weight is 364 g/mol. The third-order valence-corrected chi connectivity index (χ3v) is 3.70. The van der Waals surface area contributed by atoms with Crippen molar-refractivity contribution >= 4 is 23.2 Å². The van der Waals surface area contributed by atoms with Crippen molar-refractivity contribution in [3.05, 3.63) is 59.1 Å². The van der Waals surface area contributed by atoms with E-state index in [4.69, 9.17) is 11.6 Å². The van der Waals surface area contributed by atoms with Gasteiger partial charge in [0.25, 0.3) is 5.91 Å². The van der Waals surface area contributed by atoms with Crippen molar-refractivity contribution in [1.82, 2.24) is 20.2 Å².